The number of thiazole rings is 1. The fourth-order valence-corrected chi connectivity index (χ4v) is 4.62. The molecule has 2 aromatic heterocycles. The van der Waals surface area contributed by atoms with E-state index in [1.807, 2.05) is 6.07 Å². The first kappa shape index (κ1) is 20.4. The van der Waals surface area contributed by atoms with Crippen LogP contribution in [0.2, 0.25) is 0 Å². The zero-order valence-electron chi connectivity index (χ0n) is 17.4. The highest BCUT2D eigenvalue weighted by atomic mass is 32.1. The minimum atomic E-state index is -0.243. The number of fused-ring (bicyclic) bond motifs is 1. The third kappa shape index (κ3) is 3.68. The Morgan fingerprint density at radius 2 is 2.03 bits per heavy atom. The van der Waals surface area contributed by atoms with Crippen molar-refractivity contribution in [3.63, 3.8) is 0 Å². The number of aryl methyl sites for hydroxylation is 1. The number of anilines is 1. The Bertz CT molecular complexity index is 1020. The summed E-state index contributed by atoms with van der Waals surface area (Å²) in [6, 6.07) is 3.64. The highest BCUT2D eigenvalue weighted by Crippen LogP contribution is 2.41. The SMILES string of the molecule is COc1nn(C)cc1C(=O)N(C[C@H]1CCCO1)c1nc2c(OC)ccc(OC)c2s1. The highest BCUT2D eigenvalue weighted by Gasteiger charge is 2.30. The lowest BCUT2D eigenvalue weighted by Gasteiger charge is -2.22. The number of amides is 1. The zero-order chi connectivity index (χ0) is 21.3. The van der Waals surface area contributed by atoms with Gasteiger partial charge in [-0.15, -0.1) is 5.10 Å². The number of rotatable bonds is 7. The molecular formula is C20H24N4O5S. The van der Waals surface area contributed by atoms with Crippen molar-refractivity contribution < 1.29 is 23.7 Å². The second-order valence-corrected chi connectivity index (χ2v) is 7.90. The van der Waals surface area contributed by atoms with Crippen molar-refractivity contribution in [2.24, 2.45) is 7.05 Å². The Kier molecular flexibility index (Phi) is 5.78. The normalized spacial score (nSPS) is 16.1. The van der Waals surface area contributed by atoms with Gasteiger partial charge in [0.25, 0.3) is 5.91 Å². The van der Waals surface area contributed by atoms with Crippen LogP contribution in [0.15, 0.2) is 18.3 Å². The molecule has 1 atom stereocenters. The lowest BCUT2D eigenvalue weighted by molar-refractivity contribution is 0.0915. The molecular weight excluding hydrogens is 408 g/mol. The third-order valence-electron chi connectivity index (χ3n) is 5.00. The van der Waals surface area contributed by atoms with Gasteiger partial charge in [-0.2, -0.15) is 0 Å². The van der Waals surface area contributed by atoms with E-state index in [-0.39, 0.29) is 17.9 Å². The molecule has 3 aromatic rings. The van der Waals surface area contributed by atoms with Crippen molar-refractivity contribution in [3.8, 4) is 17.4 Å². The van der Waals surface area contributed by atoms with Gasteiger partial charge in [-0.3, -0.25) is 14.4 Å². The van der Waals surface area contributed by atoms with Crippen LogP contribution in [0.5, 0.6) is 17.4 Å². The maximum atomic E-state index is 13.6. The maximum absolute atomic E-state index is 13.6. The summed E-state index contributed by atoms with van der Waals surface area (Å²) in [6.45, 7) is 1.09. The van der Waals surface area contributed by atoms with Crippen molar-refractivity contribution in [3.05, 3.63) is 23.9 Å². The Balaban J connectivity index is 1.80. The van der Waals surface area contributed by atoms with Crippen LogP contribution in [0.3, 0.4) is 0 Å². The van der Waals surface area contributed by atoms with E-state index in [9.17, 15) is 4.79 Å². The van der Waals surface area contributed by atoms with E-state index >= 15 is 0 Å². The average molecular weight is 433 g/mol. The van der Waals surface area contributed by atoms with Gasteiger partial charge >= 0.3 is 0 Å². The molecule has 10 heteroatoms. The summed E-state index contributed by atoms with van der Waals surface area (Å²) in [5.41, 5.74) is 1.02. The van der Waals surface area contributed by atoms with Gasteiger partial charge in [-0.25, -0.2) is 4.98 Å². The lowest BCUT2D eigenvalue weighted by atomic mass is 10.2. The van der Waals surface area contributed by atoms with Crippen molar-refractivity contribution in [1.82, 2.24) is 14.8 Å². The van der Waals surface area contributed by atoms with Gasteiger partial charge in [0.15, 0.2) is 5.13 Å². The summed E-state index contributed by atoms with van der Waals surface area (Å²) in [7, 11) is 6.45. The average Bonchev–Trinajstić information content (AvgIpc) is 3.49. The molecule has 0 unspecified atom stereocenters. The second-order valence-electron chi connectivity index (χ2n) is 6.92. The quantitative estimate of drug-likeness (QED) is 0.567. The number of ether oxygens (including phenoxy) is 4. The maximum Gasteiger partial charge on any atom is 0.267 e. The molecule has 3 heterocycles. The zero-order valence-corrected chi connectivity index (χ0v) is 18.2. The molecule has 1 fully saturated rings. The minimum absolute atomic E-state index is 0.0487. The second kappa shape index (κ2) is 8.49. The summed E-state index contributed by atoms with van der Waals surface area (Å²) >= 11 is 1.38. The van der Waals surface area contributed by atoms with Gasteiger partial charge < -0.3 is 18.9 Å². The molecule has 1 saturated heterocycles. The summed E-state index contributed by atoms with van der Waals surface area (Å²) in [4.78, 5) is 19.9. The van der Waals surface area contributed by atoms with Crippen molar-refractivity contribution in [2.75, 3.05) is 39.4 Å². The highest BCUT2D eigenvalue weighted by molar-refractivity contribution is 7.22. The predicted octanol–water partition coefficient (Wildman–Crippen LogP) is 2.88. The van der Waals surface area contributed by atoms with Crippen LogP contribution in [0.1, 0.15) is 23.2 Å². The fraction of sp³-hybridized carbons (Fsp3) is 0.450. The number of carbonyl (C=O) groups excluding carboxylic acids is 1. The van der Waals surface area contributed by atoms with Crippen LogP contribution in [-0.2, 0) is 11.8 Å². The first-order valence-electron chi connectivity index (χ1n) is 9.58. The number of nitrogens with zero attached hydrogens (tertiary/aromatic N) is 4. The molecule has 0 saturated carbocycles. The smallest absolute Gasteiger partial charge is 0.267 e. The third-order valence-corrected chi connectivity index (χ3v) is 6.10. The summed E-state index contributed by atoms with van der Waals surface area (Å²) in [5.74, 6) is 1.33. The summed E-state index contributed by atoms with van der Waals surface area (Å²) in [5, 5.41) is 4.76. The fourth-order valence-electron chi connectivity index (χ4n) is 3.54. The molecule has 1 aliphatic rings. The Morgan fingerprint density at radius 3 is 2.70 bits per heavy atom. The largest absolute Gasteiger partial charge is 0.495 e. The van der Waals surface area contributed by atoms with Gasteiger partial charge in [0, 0.05) is 19.9 Å². The Hall–Kier alpha value is -2.85. The standard InChI is InChI=1S/C20H24N4O5S/c1-23-11-13(18(22-23)28-4)19(25)24(10-12-6-5-9-29-12)20-21-16-14(26-2)7-8-15(27-3)17(16)30-20/h7-8,11-12H,5-6,9-10H2,1-4H3/t12-/m1/s1. The first-order valence-corrected chi connectivity index (χ1v) is 10.4. The predicted molar refractivity (Wildman–Crippen MR) is 113 cm³/mol. The van der Waals surface area contributed by atoms with Gasteiger partial charge in [0.1, 0.15) is 27.3 Å². The molecule has 30 heavy (non-hydrogen) atoms. The van der Waals surface area contributed by atoms with Crippen molar-refractivity contribution in [2.45, 2.75) is 18.9 Å². The van der Waals surface area contributed by atoms with E-state index in [4.69, 9.17) is 23.9 Å². The van der Waals surface area contributed by atoms with E-state index in [1.54, 1.807) is 43.1 Å². The van der Waals surface area contributed by atoms with Crippen LogP contribution in [0.4, 0.5) is 5.13 Å². The van der Waals surface area contributed by atoms with Gasteiger partial charge in [-0.1, -0.05) is 11.3 Å². The van der Waals surface area contributed by atoms with Crippen molar-refractivity contribution in [1.29, 1.82) is 0 Å². The molecule has 1 aromatic carbocycles. The first-order chi connectivity index (χ1) is 14.5. The van der Waals surface area contributed by atoms with E-state index < -0.39 is 0 Å². The lowest BCUT2D eigenvalue weighted by Crippen LogP contribution is -2.37. The van der Waals surface area contributed by atoms with Crippen LogP contribution < -0.4 is 19.1 Å². The topological polar surface area (TPSA) is 87.9 Å². The molecule has 0 aliphatic carbocycles. The molecule has 0 N–H and O–H groups in total. The van der Waals surface area contributed by atoms with Crippen LogP contribution in [0, 0.1) is 0 Å². The molecule has 160 valence electrons. The number of hydrogen-bond donors (Lipinski definition) is 0. The Morgan fingerprint density at radius 1 is 1.27 bits per heavy atom. The monoisotopic (exact) mass is 432 g/mol. The van der Waals surface area contributed by atoms with Crippen LogP contribution in [-0.4, -0.2) is 61.3 Å². The molecule has 9 nitrogen and oxygen atoms in total. The number of hydrogen-bond acceptors (Lipinski definition) is 8. The van der Waals surface area contributed by atoms with Crippen LogP contribution >= 0.6 is 11.3 Å². The Labute approximate surface area is 178 Å². The minimum Gasteiger partial charge on any atom is -0.495 e. The van der Waals surface area contributed by atoms with Gasteiger partial charge in [0.2, 0.25) is 5.88 Å². The van der Waals surface area contributed by atoms with Crippen LogP contribution in [0.25, 0.3) is 10.2 Å². The molecule has 0 bridgehead atoms. The number of benzene rings is 1. The number of carbonyl (C=O) groups is 1. The van der Waals surface area contributed by atoms with E-state index in [0.29, 0.717) is 40.9 Å². The van der Waals surface area contributed by atoms with Crippen molar-refractivity contribution >= 4 is 32.6 Å². The van der Waals surface area contributed by atoms with Gasteiger partial charge in [0.05, 0.1) is 34.0 Å². The van der Waals surface area contributed by atoms with E-state index in [1.165, 1.54) is 18.4 Å². The molecule has 0 radical (unpaired) electrons. The van der Waals surface area contributed by atoms with Gasteiger partial charge in [-0.05, 0) is 25.0 Å². The molecule has 1 amide bonds. The van der Waals surface area contributed by atoms with E-state index in [0.717, 1.165) is 17.5 Å². The number of methoxy groups -OCH3 is 3. The number of aromatic nitrogens is 3. The molecule has 1 aliphatic heterocycles. The molecule has 0 spiro atoms. The van der Waals surface area contributed by atoms with E-state index in [2.05, 4.69) is 5.10 Å². The molecule has 4 rings (SSSR count). The summed E-state index contributed by atoms with van der Waals surface area (Å²) in [6.07, 6.45) is 3.47. The summed E-state index contributed by atoms with van der Waals surface area (Å²) < 4.78 is 24.4.